The summed E-state index contributed by atoms with van der Waals surface area (Å²) < 4.78 is 10.4. The van der Waals surface area contributed by atoms with Crippen molar-refractivity contribution in [2.45, 2.75) is 39.2 Å². The zero-order valence-electron chi connectivity index (χ0n) is 13.0. The molecule has 0 radical (unpaired) electrons. The van der Waals surface area contributed by atoms with Crippen molar-refractivity contribution in [1.29, 1.82) is 0 Å². The van der Waals surface area contributed by atoms with Crippen molar-refractivity contribution in [3.8, 4) is 23.3 Å². The highest BCUT2D eigenvalue weighted by molar-refractivity contribution is 5.48. The highest BCUT2D eigenvalue weighted by Gasteiger charge is 2.19. The minimum absolute atomic E-state index is 0.449. The molecule has 0 saturated heterocycles. The summed E-state index contributed by atoms with van der Waals surface area (Å²) in [6, 6.07) is 5.48. The standard InChI is InChI=1S/C17H24O3/c1-6-13(2)12-17(3,18)10-9-14-7-8-15(19-4)16(11-14)20-5/h7-8,11,13,18H,6,12H2,1-5H3. The second kappa shape index (κ2) is 7.21. The number of aliphatic hydroxyl groups is 1. The highest BCUT2D eigenvalue weighted by Crippen LogP contribution is 2.27. The van der Waals surface area contributed by atoms with Crippen LogP contribution in [0.4, 0.5) is 0 Å². The largest absolute Gasteiger partial charge is 0.493 e. The Morgan fingerprint density at radius 3 is 2.45 bits per heavy atom. The fourth-order valence-electron chi connectivity index (χ4n) is 1.99. The van der Waals surface area contributed by atoms with Crippen molar-refractivity contribution in [3.63, 3.8) is 0 Å². The van der Waals surface area contributed by atoms with Crippen molar-refractivity contribution in [2.24, 2.45) is 5.92 Å². The Morgan fingerprint density at radius 2 is 1.90 bits per heavy atom. The second-order valence-electron chi connectivity index (χ2n) is 5.31. The molecule has 0 spiro atoms. The lowest BCUT2D eigenvalue weighted by molar-refractivity contribution is 0.0939. The van der Waals surface area contributed by atoms with Gasteiger partial charge in [0.15, 0.2) is 11.5 Å². The Morgan fingerprint density at radius 1 is 1.25 bits per heavy atom. The quantitative estimate of drug-likeness (QED) is 0.839. The van der Waals surface area contributed by atoms with Crippen molar-refractivity contribution < 1.29 is 14.6 Å². The minimum Gasteiger partial charge on any atom is -0.493 e. The van der Waals surface area contributed by atoms with E-state index < -0.39 is 5.60 Å². The zero-order chi connectivity index (χ0) is 15.2. The van der Waals surface area contributed by atoms with E-state index in [0.717, 1.165) is 12.0 Å². The third-order valence-electron chi connectivity index (χ3n) is 3.30. The molecule has 0 aromatic heterocycles. The molecule has 0 saturated carbocycles. The monoisotopic (exact) mass is 276 g/mol. The number of benzene rings is 1. The summed E-state index contributed by atoms with van der Waals surface area (Å²) in [6.07, 6.45) is 1.71. The summed E-state index contributed by atoms with van der Waals surface area (Å²) in [5.41, 5.74) is -0.171. The minimum atomic E-state index is -0.970. The van der Waals surface area contributed by atoms with Gasteiger partial charge < -0.3 is 14.6 Å². The Bertz CT molecular complexity index is 495. The fraction of sp³-hybridized carbons (Fsp3) is 0.529. The van der Waals surface area contributed by atoms with E-state index in [1.165, 1.54) is 0 Å². The first-order chi connectivity index (χ1) is 9.41. The molecule has 0 aliphatic heterocycles. The SMILES string of the molecule is CCC(C)CC(C)(O)C#Cc1ccc(OC)c(OC)c1. The van der Waals surface area contributed by atoms with Gasteiger partial charge >= 0.3 is 0 Å². The van der Waals surface area contributed by atoms with Gasteiger partial charge in [0.2, 0.25) is 0 Å². The summed E-state index contributed by atoms with van der Waals surface area (Å²) in [6.45, 7) is 5.99. The van der Waals surface area contributed by atoms with Crippen LogP contribution in [0.5, 0.6) is 11.5 Å². The molecule has 0 bridgehead atoms. The van der Waals surface area contributed by atoms with Gasteiger partial charge in [-0.1, -0.05) is 32.1 Å². The van der Waals surface area contributed by atoms with E-state index in [0.29, 0.717) is 23.8 Å². The molecular weight excluding hydrogens is 252 g/mol. The molecule has 20 heavy (non-hydrogen) atoms. The van der Waals surface area contributed by atoms with Gasteiger partial charge in [-0.2, -0.15) is 0 Å². The molecule has 1 aromatic carbocycles. The van der Waals surface area contributed by atoms with E-state index >= 15 is 0 Å². The topological polar surface area (TPSA) is 38.7 Å². The molecule has 2 atom stereocenters. The van der Waals surface area contributed by atoms with Crippen LogP contribution >= 0.6 is 0 Å². The van der Waals surface area contributed by atoms with Gasteiger partial charge in [-0.15, -0.1) is 0 Å². The molecule has 3 nitrogen and oxygen atoms in total. The maximum Gasteiger partial charge on any atom is 0.161 e. The van der Waals surface area contributed by atoms with Crippen molar-refractivity contribution in [2.75, 3.05) is 14.2 Å². The van der Waals surface area contributed by atoms with Crippen molar-refractivity contribution in [3.05, 3.63) is 23.8 Å². The summed E-state index contributed by atoms with van der Waals surface area (Å²) >= 11 is 0. The average Bonchev–Trinajstić information content (AvgIpc) is 2.44. The first-order valence-corrected chi connectivity index (χ1v) is 6.89. The van der Waals surface area contributed by atoms with Gasteiger partial charge in [-0.25, -0.2) is 0 Å². The predicted molar refractivity (Wildman–Crippen MR) is 81.1 cm³/mol. The van der Waals surface area contributed by atoms with Gasteiger partial charge in [0.05, 0.1) is 14.2 Å². The lowest BCUT2D eigenvalue weighted by atomic mass is 9.92. The van der Waals surface area contributed by atoms with E-state index in [1.807, 2.05) is 18.2 Å². The third kappa shape index (κ3) is 4.79. The molecule has 1 N–H and O–H groups in total. The number of ether oxygens (including phenoxy) is 2. The Hall–Kier alpha value is -1.66. The summed E-state index contributed by atoms with van der Waals surface area (Å²) in [7, 11) is 3.19. The number of methoxy groups -OCH3 is 2. The van der Waals surface area contributed by atoms with Crippen molar-refractivity contribution >= 4 is 0 Å². The van der Waals surface area contributed by atoms with Crippen LogP contribution in [0.15, 0.2) is 18.2 Å². The molecule has 0 aliphatic carbocycles. The predicted octanol–water partition coefficient (Wildman–Crippen LogP) is 3.24. The molecule has 0 aliphatic rings. The first kappa shape index (κ1) is 16.4. The van der Waals surface area contributed by atoms with Crippen LogP contribution in [0.25, 0.3) is 0 Å². The van der Waals surface area contributed by atoms with Crippen LogP contribution in [0, 0.1) is 17.8 Å². The van der Waals surface area contributed by atoms with Gasteiger partial charge in [-0.05, 0) is 37.5 Å². The Kier molecular flexibility index (Phi) is 5.91. The van der Waals surface area contributed by atoms with Gasteiger partial charge in [-0.3, -0.25) is 0 Å². The van der Waals surface area contributed by atoms with E-state index in [4.69, 9.17) is 9.47 Å². The third-order valence-corrected chi connectivity index (χ3v) is 3.30. The van der Waals surface area contributed by atoms with E-state index in [1.54, 1.807) is 21.1 Å². The molecule has 1 aromatic rings. The van der Waals surface area contributed by atoms with Crippen molar-refractivity contribution in [1.82, 2.24) is 0 Å². The summed E-state index contributed by atoms with van der Waals surface area (Å²) in [5.74, 6) is 7.70. The summed E-state index contributed by atoms with van der Waals surface area (Å²) in [5, 5.41) is 10.3. The first-order valence-electron chi connectivity index (χ1n) is 6.89. The van der Waals surface area contributed by atoms with Crippen LogP contribution in [-0.2, 0) is 0 Å². The van der Waals surface area contributed by atoms with Crippen LogP contribution in [0.2, 0.25) is 0 Å². The molecular formula is C17H24O3. The smallest absolute Gasteiger partial charge is 0.161 e. The highest BCUT2D eigenvalue weighted by atomic mass is 16.5. The lowest BCUT2D eigenvalue weighted by Crippen LogP contribution is -2.24. The molecule has 2 unspecified atom stereocenters. The maximum atomic E-state index is 10.3. The molecule has 0 fully saturated rings. The molecule has 110 valence electrons. The maximum absolute atomic E-state index is 10.3. The number of rotatable bonds is 5. The van der Waals surface area contributed by atoms with Crippen LogP contribution < -0.4 is 9.47 Å². The second-order valence-corrected chi connectivity index (χ2v) is 5.31. The molecule has 0 amide bonds. The lowest BCUT2D eigenvalue weighted by Gasteiger charge is -2.20. The van der Waals surface area contributed by atoms with Gasteiger partial charge in [0, 0.05) is 5.56 Å². The van der Waals surface area contributed by atoms with E-state index in [2.05, 4.69) is 25.7 Å². The summed E-state index contributed by atoms with van der Waals surface area (Å²) in [4.78, 5) is 0. The fourth-order valence-corrected chi connectivity index (χ4v) is 1.99. The zero-order valence-corrected chi connectivity index (χ0v) is 13.0. The Labute approximate surface area is 121 Å². The molecule has 3 heteroatoms. The molecule has 1 rings (SSSR count). The molecule has 0 heterocycles. The van der Waals surface area contributed by atoms with Crippen LogP contribution in [-0.4, -0.2) is 24.9 Å². The Balaban J connectivity index is 2.91. The van der Waals surface area contributed by atoms with E-state index in [-0.39, 0.29) is 0 Å². The van der Waals surface area contributed by atoms with Crippen LogP contribution in [0.3, 0.4) is 0 Å². The normalized spacial score (nSPS) is 14.7. The number of hydrogen-bond donors (Lipinski definition) is 1. The average molecular weight is 276 g/mol. The number of hydrogen-bond acceptors (Lipinski definition) is 3. The van der Waals surface area contributed by atoms with Gasteiger partial charge in [0.25, 0.3) is 0 Å². The van der Waals surface area contributed by atoms with E-state index in [9.17, 15) is 5.11 Å². The van der Waals surface area contributed by atoms with Crippen LogP contribution in [0.1, 0.15) is 39.2 Å². The van der Waals surface area contributed by atoms with Gasteiger partial charge in [0.1, 0.15) is 5.60 Å².